The molecule has 2 aromatic carbocycles. The van der Waals surface area contributed by atoms with Crippen molar-refractivity contribution in [1.82, 2.24) is 4.98 Å². The number of aromatic amines is 1. The summed E-state index contributed by atoms with van der Waals surface area (Å²) < 4.78 is 10.4. The summed E-state index contributed by atoms with van der Waals surface area (Å²) in [6, 6.07) is 10.7. The van der Waals surface area contributed by atoms with Gasteiger partial charge in [0.1, 0.15) is 5.69 Å². The molecule has 5 nitrogen and oxygen atoms in total. The maximum Gasteiger partial charge on any atom is 0.272 e. The van der Waals surface area contributed by atoms with Gasteiger partial charge < -0.3 is 19.8 Å². The number of fused-ring (bicyclic) bond motifs is 1. The van der Waals surface area contributed by atoms with Crippen molar-refractivity contribution in [2.75, 3.05) is 19.5 Å². The number of halogens is 1. The molecule has 0 saturated carbocycles. The Hall–Kier alpha value is -2.66. The Bertz CT molecular complexity index is 918. The number of methoxy groups -OCH3 is 2. The lowest BCUT2D eigenvalue weighted by Crippen LogP contribution is -2.13. The minimum absolute atomic E-state index is 0.230. The first-order valence-electron chi connectivity index (χ1n) is 7.34. The third-order valence-corrected chi connectivity index (χ3v) is 4.12. The van der Waals surface area contributed by atoms with E-state index in [-0.39, 0.29) is 5.91 Å². The van der Waals surface area contributed by atoms with Gasteiger partial charge in [-0.05, 0) is 36.8 Å². The summed E-state index contributed by atoms with van der Waals surface area (Å²) in [5, 5.41) is 4.45. The molecule has 0 aliphatic heterocycles. The number of rotatable bonds is 4. The second kappa shape index (κ2) is 6.45. The van der Waals surface area contributed by atoms with Gasteiger partial charge in [-0.25, -0.2) is 0 Å². The van der Waals surface area contributed by atoms with Crippen molar-refractivity contribution in [3.63, 3.8) is 0 Å². The van der Waals surface area contributed by atoms with Crippen LogP contribution in [0.15, 0.2) is 36.4 Å². The highest BCUT2D eigenvalue weighted by molar-refractivity contribution is 6.31. The van der Waals surface area contributed by atoms with Crippen LogP contribution in [0, 0.1) is 6.92 Å². The van der Waals surface area contributed by atoms with Crippen LogP contribution in [-0.2, 0) is 0 Å². The van der Waals surface area contributed by atoms with Crippen LogP contribution in [0.5, 0.6) is 11.5 Å². The van der Waals surface area contributed by atoms with Crippen molar-refractivity contribution in [3.05, 3.63) is 52.7 Å². The normalized spacial score (nSPS) is 10.7. The quantitative estimate of drug-likeness (QED) is 0.737. The minimum Gasteiger partial charge on any atom is -0.493 e. The Kier molecular flexibility index (Phi) is 4.36. The molecule has 3 aromatic rings. The van der Waals surface area contributed by atoms with Crippen molar-refractivity contribution < 1.29 is 14.3 Å². The summed E-state index contributed by atoms with van der Waals surface area (Å²) in [4.78, 5) is 15.7. The fourth-order valence-corrected chi connectivity index (χ4v) is 2.82. The van der Waals surface area contributed by atoms with Crippen LogP contribution < -0.4 is 14.8 Å². The number of hydrogen-bond acceptors (Lipinski definition) is 3. The van der Waals surface area contributed by atoms with E-state index in [4.69, 9.17) is 21.1 Å². The predicted octanol–water partition coefficient (Wildman–Crippen LogP) is 4.40. The maximum absolute atomic E-state index is 12.6. The molecule has 0 aliphatic carbocycles. The molecule has 1 aromatic heterocycles. The fraction of sp³-hybridized carbons (Fsp3) is 0.167. The van der Waals surface area contributed by atoms with Gasteiger partial charge in [-0.2, -0.15) is 0 Å². The summed E-state index contributed by atoms with van der Waals surface area (Å²) in [7, 11) is 3.12. The van der Waals surface area contributed by atoms with Crippen molar-refractivity contribution >= 4 is 34.1 Å². The predicted molar refractivity (Wildman–Crippen MR) is 95.5 cm³/mol. The molecule has 0 unspecified atom stereocenters. The van der Waals surface area contributed by atoms with Gasteiger partial charge in [0.15, 0.2) is 11.5 Å². The SMILES string of the molecule is COc1ccc(NC(=O)c2[nH]c3cc(Cl)ccc3c2C)cc1OC. The molecule has 0 spiro atoms. The molecule has 0 radical (unpaired) electrons. The largest absolute Gasteiger partial charge is 0.493 e. The van der Waals surface area contributed by atoms with Gasteiger partial charge >= 0.3 is 0 Å². The lowest BCUT2D eigenvalue weighted by Gasteiger charge is -2.10. The summed E-state index contributed by atoms with van der Waals surface area (Å²) in [6.45, 7) is 1.90. The van der Waals surface area contributed by atoms with Crippen molar-refractivity contribution in [1.29, 1.82) is 0 Å². The number of benzene rings is 2. The lowest BCUT2D eigenvalue weighted by molar-refractivity contribution is 0.102. The number of aromatic nitrogens is 1. The van der Waals surface area contributed by atoms with E-state index in [0.717, 1.165) is 16.5 Å². The Labute approximate surface area is 144 Å². The van der Waals surface area contributed by atoms with Crippen LogP contribution in [0.4, 0.5) is 5.69 Å². The van der Waals surface area contributed by atoms with Crippen LogP contribution in [0.2, 0.25) is 5.02 Å². The monoisotopic (exact) mass is 344 g/mol. The number of aryl methyl sites for hydroxylation is 1. The summed E-state index contributed by atoms with van der Waals surface area (Å²) in [5.74, 6) is 0.925. The Morgan fingerprint density at radius 2 is 1.83 bits per heavy atom. The van der Waals surface area contributed by atoms with Gasteiger partial charge in [0.25, 0.3) is 5.91 Å². The molecule has 0 fully saturated rings. The van der Waals surface area contributed by atoms with E-state index in [2.05, 4.69) is 10.3 Å². The van der Waals surface area contributed by atoms with E-state index in [1.807, 2.05) is 13.0 Å². The molecule has 1 heterocycles. The van der Waals surface area contributed by atoms with Gasteiger partial charge in [-0.3, -0.25) is 4.79 Å². The highest BCUT2D eigenvalue weighted by Gasteiger charge is 2.16. The zero-order chi connectivity index (χ0) is 17.3. The first-order valence-corrected chi connectivity index (χ1v) is 7.72. The van der Waals surface area contributed by atoms with E-state index in [0.29, 0.717) is 27.9 Å². The Morgan fingerprint density at radius 3 is 2.54 bits per heavy atom. The summed E-state index contributed by atoms with van der Waals surface area (Å²) >= 11 is 6.01. The molecule has 3 rings (SSSR count). The zero-order valence-corrected chi connectivity index (χ0v) is 14.3. The minimum atomic E-state index is -0.230. The van der Waals surface area contributed by atoms with E-state index >= 15 is 0 Å². The highest BCUT2D eigenvalue weighted by atomic mass is 35.5. The maximum atomic E-state index is 12.6. The molecule has 2 N–H and O–H groups in total. The van der Waals surface area contributed by atoms with Gasteiger partial charge in [0.05, 0.1) is 14.2 Å². The second-order valence-electron chi connectivity index (χ2n) is 5.34. The Morgan fingerprint density at radius 1 is 1.08 bits per heavy atom. The van der Waals surface area contributed by atoms with Crippen molar-refractivity contribution in [3.8, 4) is 11.5 Å². The third kappa shape index (κ3) is 2.90. The molecular formula is C18H17ClN2O3. The number of anilines is 1. The Balaban J connectivity index is 1.91. The molecule has 0 atom stereocenters. The molecule has 0 bridgehead atoms. The molecule has 0 aliphatic rings. The first kappa shape index (κ1) is 16.2. The second-order valence-corrected chi connectivity index (χ2v) is 5.78. The molecular weight excluding hydrogens is 328 g/mol. The number of hydrogen-bond donors (Lipinski definition) is 2. The van der Waals surface area contributed by atoms with Gasteiger partial charge in [0, 0.05) is 27.7 Å². The van der Waals surface area contributed by atoms with Gasteiger partial charge in [-0.15, -0.1) is 0 Å². The first-order chi connectivity index (χ1) is 11.5. The van der Waals surface area contributed by atoms with Gasteiger partial charge in [-0.1, -0.05) is 17.7 Å². The number of amides is 1. The van der Waals surface area contributed by atoms with Crippen molar-refractivity contribution in [2.45, 2.75) is 6.92 Å². The van der Waals surface area contributed by atoms with Crippen molar-refractivity contribution in [2.24, 2.45) is 0 Å². The average molecular weight is 345 g/mol. The van der Waals surface area contributed by atoms with Crippen LogP contribution in [0.1, 0.15) is 16.1 Å². The third-order valence-electron chi connectivity index (χ3n) is 3.89. The lowest BCUT2D eigenvalue weighted by atomic mass is 10.1. The fourth-order valence-electron chi connectivity index (χ4n) is 2.64. The summed E-state index contributed by atoms with van der Waals surface area (Å²) in [6.07, 6.45) is 0. The van der Waals surface area contributed by atoms with E-state index < -0.39 is 0 Å². The average Bonchev–Trinajstić information content (AvgIpc) is 2.90. The number of carbonyl (C=O) groups excluding carboxylic acids is 1. The zero-order valence-electron chi connectivity index (χ0n) is 13.6. The number of carbonyl (C=O) groups is 1. The standard InChI is InChI=1S/C18H17ClN2O3/c1-10-13-6-4-11(19)8-14(13)21-17(10)18(22)20-12-5-7-15(23-2)16(9-12)24-3/h4-9,21H,1-3H3,(H,20,22). The number of H-pyrrole nitrogens is 1. The highest BCUT2D eigenvalue weighted by Crippen LogP contribution is 2.30. The summed E-state index contributed by atoms with van der Waals surface area (Å²) in [5.41, 5.74) is 2.83. The van der Waals surface area contributed by atoms with E-state index in [1.165, 1.54) is 0 Å². The molecule has 0 saturated heterocycles. The molecule has 6 heteroatoms. The molecule has 124 valence electrons. The van der Waals surface area contributed by atoms with Crippen LogP contribution >= 0.6 is 11.6 Å². The van der Waals surface area contributed by atoms with Crippen LogP contribution in [0.25, 0.3) is 10.9 Å². The topological polar surface area (TPSA) is 63.3 Å². The van der Waals surface area contributed by atoms with Crippen LogP contribution in [0.3, 0.4) is 0 Å². The number of nitrogens with one attached hydrogen (secondary N) is 2. The van der Waals surface area contributed by atoms with Crippen LogP contribution in [-0.4, -0.2) is 25.1 Å². The number of ether oxygens (including phenoxy) is 2. The van der Waals surface area contributed by atoms with Gasteiger partial charge in [0.2, 0.25) is 0 Å². The molecule has 24 heavy (non-hydrogen) atoms. The van der Waals surface area contributed by atoms with E-state index in [1.54, 1.807) is 44.6 Å². The van der Waals surface area contributed by atoms with E-state index in [9.17, 15) is 4.79 Å². The smallest absolute Gasteiger partial charge is 0.272 e. The molecule has 1 amide bonds.